The van der Waals surface area contributed by atoms with E-state index in [0.29, 0.717) is 31.1 Å². The van der Waals surface area contributed by atoms with Gasteiger partial charge in [0.1, 0.15) is 17.1 Å². The van der Waals surface area contributed by atoms with Gasteiger partial charge in [-0.3, -0.25) is 4.79 Å². The molecule has 0 saturated heterocycles. The molecule has 0 aliphatic rings. The number of hydrogen-bond acceptors (Lipinski definition) is 8. The van der Waals surface area contributed by atoms with E-state index in [1.165, 1.54) is 12.1 Å². The molecule has 4 aromatic rings. The van der Waals surface area contributed by atoms with E-state index in [1.54, 1.807) is 30.0 Å². The SMILES string of the molecule is COCCCNc1cc(Cn2c(C)ccc(-c3nc(-c4ccc(OC(F)(F)F)cc4)no3)c2=O)ccn1. The smallest absolute Gasteiger partial charge is 0.406 e. The van der Waals surface area contributed by atoms with E-state index >= 15 is 0 Å². The molecular formula is C25H24F3N5O4. The van der Waals surface area contributed by atoms with Crippen LogP contribution in [0.2, 0.25) is 0 Å². The molecule has 0 radical (unpaired) electrons. The Morgan fingerprint density at radius 1 is 1.11 bits per heavy atom. The zero-order valence-corrected chi connectivity index (χ0v) is 20.1. The van der Waals surface area contributed by atoms with E-state index in [2.05, 4.69) is 25.2 Å². The van der Waals surface area contributed by atoms with Crippen LogP contribution in [0.1, 0.15) is 17.7 Å². The average Bonchev–Trinajstić information content (AvgIpc) is 3.34. The predicted octanol–water partition coefficient (Wildman–Crippen LogP) is 4.66. The predicted molar refractivity (Wildman–Crippen MR) is 129 cm³/mol. The van der Waals surface area contributed by atoms with E-state index in [0.717, 1.165) is 29.8 Å². The number of aryl methyl sites for hydroxylation is 1. The van der Waals surface area contributed by atoms with E-state index in [4.69, 9.17) is 9.26 Å². The first-order valence-electron chi connectivity index (χ1n) is 11.3. The van der Waals surface area contributed by atoms with Gasteiger partial charge in [-0.25, -0.2) is 4.98 Å². The first-order valence-corrected chi connectivity index (χ1v) is 11.3. The number of nitrogens with zero attached hydrogens (tertiary/aromatic N) is 4. The number of hydrogen-bond donors (Lipinski definition) is 1. The van der Waals surface area contributed by atoms with Crippen LogP contribution in [0.25, 0.3) is 22.8 Å². The molecule has 3 aromatic heterocycles. The van der Waals surface area contributed by atoms with Gasteiger partial charge in [-0.2, -0.15) is 4.98 Å². The van der Waals surface area contributed by atoms with Crippen LogP contribution in [0.4, 0.5) is 19.0 Å². The van der Waals surface area contributed by atoms with Crippen molar-refractivity contribution in [1.82, 2.24) is 19.7 Å². The maximum atomic E-state index is 13.3. The van der Waals surface area contributed by atoms with E-state index < -0.39 is 6.36 Å². The zero-order chi connectivity index (χ0) is 26.4. The molecule has 0 fully saturated rings. The third-order valence-corrected chi connectivity index (χ3v) is 5.39. The number of pyridine rings is 2. The summed E-state index contributed by atoms with van der Waals surface area (Å²) >= 11 is 0. The molecule has 9 nitrogen and oxygen atoms in total. The first kappa shape index (κ1) is 25.9. The summed E-state index contributed by atoms with van der Waals surface area (Å²) < 4.78 is 53.0. The van der Waals surface area contributed by atoms with Crippen LogP contribution in [0.5, 0.6) is 5.75 Å². The number of ether oxygens (including phenoxy) is 2. The van der Waals surface area contributed by atoms with E-state index in [1.807, 2.05) is 19.1 Å². The molecule has 194 valence electrons. The van der Waals surface area contributed by atoms with Crippen LogP contribution >= 0.6 is 0 Å². The monoisotopic (exact) mass is 515 g/mol. The average molecular weight is 515 g/mol. The Labute approximate surface area is 209 Å². The largest absolute Gasteiger partial charge is 0.573 e. The topological polar surface area (TPSA) is 104 Å². The van der Waals surface area contributed by atoms with Crippen molar-refractivity contribution in [1.29, 1.82) is 0 Å². The Morgan fingerprint density at radius 2 is 1.89 bits per heavy atom. The van der Waals surface area contributed by atoms with Crippen molar-refractivity contribution in [2.24, 2.45) is 0 Å². The third-order valence-electron chi connectivity index (χ3n) is 5.39. The quantitative estimate of drug-likeness (QED) is 0.304. The Morgan fingerprint density at radius 3 is 2.62 bits per heavy atom. The van der Waals surface area contributed by atoms with Crippen molar-refractivity contribution in [3.05, 3.63) is 76.3 Å². The maximum Gasteiger partial charge on any atom is 0.573 e. The fourth-order valence-corrected chi connectivity index (χ4v) is 3.57. The molecular weight excluding hydrogens is 491 g/mol. The highest BCUT2D eigenvalue weighted by Crippen LogP contribution is 2.26. The summed E-state index contributed by atoms with van der Waals surface area (Å²) in [6.07, 6.45) is -2.28. The summed E-state index contributed by atoms with van der Waals surface area (Å²) in [5.74, 6) is 0.451. The van der Waals surface area contributed by atoms with Crippen molar-refractivity contribution < 1.29 is 27.2 Å². The lowest BCUT2D eigenvalue weighted by molar-refractivity contribution is -0.274. The van der Waals surface area contributed by atoms with Crippen molar-refractivity contribution in [3.63, 3.8) is 0 Å². The van der Waals surface area contributed by atoms with Crippen molar-refractivity contribution in [2.75, 3.05) is 25.6 Å². The molecule has 0 saturated carbocycles. The molecule has 12 heteroatoms. The minimum atomic E-state index is -4.79. The highest BCUT2D eigenvalue weighted by molar-refractivity contribution is 5.60. The number of anilines is 1. The highest BCUT2D eigenvalue weighted by atomic mass is 19.4. The van der Waals surface area contributed by atoms with Crippen LogP contribution in [0.15, 0.2) is 64.0 Å². The molecule has 0 unspecified atom stereocenters. The fraction of sp³-hybridized carbons (Fsp3) is 0.280. The molecule has 0 amide bonds. The molecule has 0 aliphatic carbocycles. The molecule has 0 bridgehead atoms. The number of aromatic nitrogens is 4. The van der Waals surface area contributed by atoms with Crippen LogP contribution in [-0.4, -0.2) is 46.3 Å². The summed E-state index contributed by atoms with van der Waals surface area (Å²) in [5, 5.41) is 7.10. The van der Waals surface area contributed by atoms with Gasteiger partial charge < -0.3 is 23.9 Å². The van der Waals surface area contributed by atoms with Gasteiger partial charge in [0.05, 0.1) is 6.54 Å². The van der Waals surface area contributed by atoms with Crippen LogP contribution in [0, 0.1) is 6.92 Å². The third kappa shape index (κ3) is 6.73. The Kier molecular flexibility index (Phi) is 7.87. The Balaban J connectivity index is 1.53. The second-order valence-corrected chi connectivity index (χ2v) is 8.10. The van der Waals surface area contributed by atoms with Gasteiger partial charge in [0.15, 0.2) is 0 Å². The standard InChI is InChI=1S/C25H24F3N5O4/c1-16-4-9-20(23-31-22(32-37-23)18-5-7-19(8-6-18)36-25(26,27)28)24(34)33(16)15-17-10-12-30-21(14-17)29-11-3-13-35-2/h4-10,12,14H,3,11,13,15H2,1-2H3,(H,29,30). The number of benzene rings is 1. The minimum Gasteiger partial charge on any atom is -0.406 e. The summed E-state index contributed by atoms with van der Waals surface area (Å²) in [7, 11) is 1.65. The lowest BCUT2D eigenvalue weighted by atomic mass is 10.2. The molecule has 0 aliphatic heterocycles. The lowest BCUT2D eigenvalue weighted by Gasteiger charge is -2.12. The molecule has 1 N–H and O–H groups in total. The van der Waals surface area contributed by atoms with Crippen molar-refractivity contribution in [2.45, 2.75) is 26.3 Å². The maximum absolute atomic E-state index is 13.3. The number of nitrogens with one attached hydrogen (secondary N) is 1. The number of rotatable bonds is 10. The van der Waals surface area contributed by atoms with Gasteiger partial charge >= 0.3 is 6.36 Å². The normalized spacial score (nSPS) is 11.5. The van der Waals surface area contributed by atoms with Gasteiger partial charge in [0.2, 0.25) is 5.82 Å². The summed E-state index contributed by atoms with van der Waals surface area (Å²) in [5.41, 5.74) is 1.89. The Hall–Kier alpha value is -4.19. The fourth-order valence-electron chi connectivity index (χ4n) is 3.57. The summed E-state index contributed by atoms with van der Waals surface area (Å²) in [6.45, 7) is 3.47. The van der Waals surface area contributed by atoms with E-state index in [-0.39, 0.29) is 28.6 Å². The van der Waals surface area contributed by atoms with Gasteiger partial charge in [0, 0.05) is 37.7 Å². The minimum absolute atomic E-state index is 0.000375. The van der Waals surface area contributed by atoms with Crippen LogP contribution in [0.3, 0.4) is 0 Å². The lowest BCUT2D eigenvalue weighted by Crippen LogP contribution is -2.24. The Bertz CT molecular complexity index is 1400. The number of alkyl halides is 3. The number of halogens is 3. The molecule has 0 spiro atoms. The van der Waals surface area contributed by atoms with Crippen LogP contribution in [-0.2, 0) is 11.3 Å². The van der Waals surface area contributed by atoms with Gasteiger partial charge in [-0.05, 0) is 67.4 Å². The molecule has 0 atom stereocenters. The molecule has 4 rings (SSSR count). The van der Waals surface area contributed by atoms with Crippen LogP contribution < -0.4 is 15.6 Å². The zero-order valence-electron chi connectivity index (χ0n) is 20.1. The van der Waals surface area contributed by atoms with Crippen molar-refractivity contribution in [3.8, 4) is 28.6 Å². The first-order chi connectivity index (χ1) is 17.7. The highest BCUT2D eigenvalue weighted by Gasteiger charge is 2.31. The summed E-state index contributed by atoms with van der Waals surface area (Å²) in [4.78, 5) is 21.9. The summed E-state index contributed by atoms with van der Waals surface area (Å²) in [6, 6.07) is 12.1. The molecule has 3 heterocycles. The van der Waals surface area contributed by atoms with Gasteiger partial charge in [-0.1, -0.05) is 5.16 Å². The van der Waals surface area contributed by atoms with E-state index in [9.17, 15) is 18.0 Å². The second kappa shape index (κ2) is 11.2. The van der Waals surface area contributed by atoms with Gasteiger partial charge in [-0.15, -0.1) is 13.2 Å². The molecule has 1 aromatic carbocycles. The second-order valence-electron chi connectivity index (χ2n) is 8.10. The number of methoxy groups -OCH3 is 1. The molecule has 37 heavy (non-hydrogen) atoms. The van der Waals surface area contributed by atoms with Crippen molar-refractivity contribution >= 4 is 5.82 Å². The van der Waals surface area contributed by atoms with Gasteiger partial charge in [0.25, 0.3) is 11.4 Å².